The molecule has 0 bridgehead atoms. The first-order chi connectivity index (χ1) is 12.1. The largest absolute Gasteiger partial charge is 0.495 e. The third-order valence-electron chi connectivity index (χ3n) is 4.98. The normalized spacial score (nSPS) is 17.3. The Morgan fingerprint density at radius 2 is 1.62 bits per heavy atom. The van der Waals surface area contributed by atoms with E-state index in [0.717, 1.165) is 43.2 Å². The van der Waals surface area contributed by atoms with Crippen molar-refractivity contribution in [3.05, 3.63) is 59.9 Å². The van der Waals surface area contributed by atoms with Crippen LogP contribution in [-0.4, -0.2) is 49.3 Å². The number of methoxy groups -OCH3 is 1. The minimum absolute atomic E-state index is 0. The Morgan fingerprint density at radius 1 is 1.00 bits per heavy atom. The SMILES string of the molecule is COc1ccccc1N1CCN(C(C)C(O)c2ccc(F)cc2)CC1.Cl. The average molecular weight is 381 g/mol. The van der Waals surface area contributed by atoms with Gasteiger partial charge in [-0.15, -0.1) is 12.4 Å². The summed E-state index contributed by atoms with van der Waals surface area (Å²) in [5, 5.41) is 10.6. The maximum atomic E-state index is 13.1. The van der Waals surface area contributed by atoms with E-state index in [1.807, 2.05) is 25.1 Å². The van der Waals surface area contributed by atoms with E-state index in [1.165, 1.54) is 12.1 Å². The maximum Gasteiger partial charge on any atom is 0.142 e. The molecule has 1 aliphatic rings. The van der Waals surface area contributed by atoms with Crippen LogP contribution >= 0.6 is 12.4 Å². The van der Waals surface area contributed by atoms with Crippen molar-refractivity contribution in [2.24, 2.45) is 0 Å². The number of aliphatic hydroxyl groups is 1. The van der Waals surface area contributed by atoms with Gasteiger partial charge in [0.25, 0.3) is 0 Å². The Morgan fingerprint density at radius 3 is 2.23 bits per heavy atom. The lowest BCUT2D eigenvalue weighted by Gasteiger charge is -2.40. The zero-order valence-corrected chi connectivity index (χ0v) is 16.0. The summed E-state index contributed by atoms with van der Waals surface area (Å²) in [7, 11) is 1.69. The van der Waals surface area contributed by atoms with Crippen LogP contribution in [0, 0.1) is 5.82 Å². The Bertz CT molecular complexity index is 690. The number of hydrogen-bond donors (Lipinski definition) is 1. The highest BCUT2D eigenvalue weighted by atomic mass is 35.5. The van der Waals surface area contributed by atoms with Gasteiger partial charge in [-0.3, -0.25) is 4.90 Å². The first-order valence-corrected chi connectivity index (χ1v) is 8.65. The van der Waals surface area contributed by atoms with Gasteiger partial charge in [-0.05, 0) is 36.8 Å². The van der Waals surface area contributed by atoms with Gasteiger partial charge in [-0.25, -0.2) is 4.39 Å². The highest BCUT2D eigenvalue weighted by Gasteiger charge is 2.27. The third-order valence-corrected chi connectivity index (χ3v) is 4.98. The molecule has 2 aromatic rings. The molecule has 0 amide bonds. The predicted octanol–water partition coefficient (Wildman–Crippen LogP) is 3.50. The molecule has 3 rings (SSSR count). The Labute approximate surface area is 160 Å². The second-order valence-corrected chi connectivity index (χ2v) is 6.43. The fourth-order valence-corrected chi connectivity index (χ4v) is 3.40. The van der Waals surface area contributed by atoms with Crippen LogP contribution < -0.4 is 9.64 Å². The smallest absolute Gasteiger partial charge is 0.142 e. The van der Waals surface area contributed by atoms with E-state index in [4.69, 9.17) is 4.74 Å². The van der Waals surface area contributed by atoms with Crippen molar-refractivity contribution in [1.29, 1.82) is 0 Å². The van der Waals surface area contributed by atoms with Gasteiger partial charge < -0.3 is 14.7 Å². The summed E-state index contributed by atoms with van der Waals surface area (Å²) in [5.41, 5.74) is 1.86. The third kappa shape index (κ3) is 4.47. The van der Waals surface area contributed by atoms with Crippen molar-refractivity contribution in [3.8, 4) is 5.75 Å². The van der Waals surface area contributed by atoms with Crippen molar-refractivity contribution in [2.75, 3.05) is 38.2 Å². The highest BCUT2D eigenvalue weighted by Crippen LogP contribution is 2.29. The maximum absolute atomic E-state index is 13.1. The Balaban J connectivity index is 0.00000243. The monoisotopic (exact) mass is 380 g/mol. The molecule has 4 nitrogen and oxygen atoms in total. The first-order valence-electron chi connectivity index (χ1n) is 8.65. The van der Waals surface area contributed by atoms with Gasteiger partial charge in [0.05, 0.1) is 18.9 Å². The molecule has 2 atom stereocenters. The predicted molar refractivity (Wildman–Crippen MR) is 105 cm³/mol. The summed E-state index contributed by atoms with van der Waals surface area (Å²) in [4.78, 5) is 4.59. The van der Waals surface area contributed by atoms with Gasteiger partial charge in [-0.1, -0.05) is 24.3 Å². The average Bonchev–Trinajstić information content (AvgIpc) is 2.67. The van der Waals surface area contributed by atoms with Gasteiger partial charge in [-0.2, -0.15) is 0 Å². The van der Waals surface area contributed by atoms with Crippen LogP contribution in [0.3, 0.4) is 0 Å². The quantitative estimate of drug-likeness (QED) is 0.861. The van der Waals surface area contributed by atoms with E-state index in [-0.39, 0.29) is 24.3 Å². The fourth-order valence-electron chi connectivity index (χ4n) is 3.40. The molecule has 0 saturated carbocycles. The summed E-state index contributed by atoms with van der Waals surface area (Å²) < 4.78 is 18.5. The minimum Gasteiger partial charge on any atom is -0.495 e. The van der Waals surface area contributed by atoms with E-state index < -0.39 is 6.10 Å². The number of halogens is 2. The van der Waals surface area contributed by atoms with Crippen molar-refractivity contribution < 1.29 is 14.2 Å². The van der Waals surface area contributed by atoms with Crippen LogP contribution in [0.15, 0.2) is 48.5 Å². The fraction of sp³-hybridized carbons (Fsp3) is 0.400. The van der Waals surface area contributed by atoms with Crippen LogP contribution in [-0.2, 0) is 0 Å². The molecule has 1 heterocycles. The van der Waals surface area contributed by atoms with Gasteiger partial charge in [0.15, 0.2) is 0 Å². The molecule has 0 aromatic heterocycles. The van der Waals surface area contributed by atoms with Crippen molar-refractivity contribution in [2.45, 2.75) is 19.1 Å². The molecule has 26 heavy (non-hydrogen) atoms. The van der Waals surface area contributed by atoms with E-state index in [1.54, 1.807) is 19.2 Å². The number of anilines is 1. The molecule has 142 valence electrons. The van der Waals surface area contributed by atoms with E-state index in [9.17, 15) is 9.50 Å². The molecule has 0 aliphatic carbocycles. The van der Waals surface area contributed by atoms with E-state index in [0.29, 0.717) is 0 Å². The second-order valence-electron chi connectivity index (χ2n) is 6.43. The number of benzene rings is 2. The lowest BCUT2D eigenvalue weighted by atomic mass is 10.0. The van der Waals surface area contributed by atoms with Crippen molar-refractivity contribution >= 4 is 18.1 Å². The van der Waals surface area contributed by atoms with E-state index in [2.05, 4.69) is 15.9 Å². The number of nitrogens with zero attached hydrogens (tertiary/aromatic N) is 2. The number of aliphatic hydroxyl groups excluding tert-OH is 1. The van der Waals surface area contributed by atoms with Gasteiger partial charge in [0.2, 0.25) is 0 Å². The first kappa shape index (κ1) is 20.5. The Hall–Kier alpha value is -1.82. The minimum atomic E-state index is -0.626. The molecule has 2 aromatic carbocycles. The lowest BCUT2D eigenvalue weighted by molar-refractivity contribution is 0.0545. The summed E-state index contributed by atoms with van der Waals surface area (Å²) >= 11 is 0. The van der Waals surface area contributed by atoms with Gasteiger partial charge >= 0.3 is 0 Å². The molecule has 1 fully saturated rings. The summed E-state index contributed by atoms with van der Waals surface area (Å²) in [6.07, 6.45) is -0.626. The summed E-state index contributed by atoms with van der Waals surface area (Å²) in [6, 6.07) is 14.1. The van der Waals surface area contributed by atoms with Crippen LogP contribution in [0.1, 0.15) is 18.6 Å². The van der Waals surface area contributed by atoms with E-state index >= 15 is 0 Å². The summed E-state index contributed by atoms with van der Waals surface area (Å²) in [5.74, 6) is 0.601. The van der Waals surface area contributed by atoms with Crippen molar-refractivity contribution in [3.63, 3.8) is 0 Å². The molecule has 6 heteroatoms. The number of hydrogen-bond acceptors (Lipinski definition) is 4. The van der Waals surface area contributed by atoms with Crippen molar-refractivity contribution in [1.82, 2.24) is 4.90 Å². The number of rotatable bonds is 5. The van der Waals surface area contributed by atoms with Crippen LogP contribution in [0.5, 0.6) is 5.75 Å². The lowest BCUT2D eigenvalue weighted by Crippen LogP contribution is -2.51. The molecule has 2 unspecified atom stereocenters. The molecule has 0 spiro atoms. The number of ether oxygens (including phenoxy) is 1. The zero-order valence-electron chi connectivity index (χ0n) is 15.1. The number of piperazine rings is 1. The molecule has 0 radical (unpaired) electrons. The second kappa shape index (κ2) is 9.21. The molecule has 1 saturated heterocycles. The van der Waals surface area contributed by atoms with Gasteiger partial charge in [0.1, 0.15) is 11.6 Å². The standard InChI is InChI=1S/C20H25FN2O2.ClH/c1-15(20(24)16-7-9-17(21)10-8-16)22-11-13-23(14-12-22)18-5-3-4-6-19(18)25-2;/h3-10,15,20,24H,11-14H2,1-2H3;1H. The Kier molecular flexibility index (Phi) is 7.26. The van der Waals surface area contributed by atoms with Crippen LogP contribution in [0.2, 0.25) is 0 Å². The summed E-state index contributed by atoms with van der Waals surface area (Å²) in [6.45, 7) is 5.49. The van der Waals surface area contributed by atoms with Crippen LogP contribution in [0.4, 0.5) is 10.1 Å². The number of para-hydroxylation sites is 2. The molecular formula is C20H26ClFN2O2. The van der Waals surface area contributed by atoms with Crippen LogP contribution in [0.25, 0.3) is 0 Å². The zero-order chi connectivity index (χ0) is 17.8. The topological polar surface area (TPSA) is 35.9 Å². The van der Waals surface area contributed by atoms with Gasteiger partial charge in [0, 0.05) is 32.2 Å². The molecule has 1 aliphatic heterocycles. The molecule has 1 N–H and O–H groups in total. The molecular weight excluding hydrogens is 355 g/mol. The highest BCUT2D eigenvalue weighted by molar-refractivity contribution is 5.85.